The highest BCUT2D eigenvalue weighted by atomic mass is 79.9. The number of anilines is 1. The number of nitrogens with zero attached hydrogens (tertiary/aromatic N) is 3. The minimum atomic E-state index is -0.143. The number of hydrogen-bond acceptors (Lipinski definition) is 4. The molecule has 2 aromatic rings. The first-order valence-electron chi connectivity index (χ1n) is 6.12. The van der Waals surface area contributed by atoms with Gasteiger partial charge in [0.05, 0.1) is 6.10 Å². The van der Waals surface area contributed by atoms with Crippen molar-refractivity contribution in [2.45, 2.75) is 37.7 Å². The highest BCUT2D eigenvalue weighted by Gasteiger charge is 2.24. The molecule has 1 fully saturated rings. The molecule has 1 aliphatic carbocycles. The van der Waals surface area contributed by atoms with Crippen LogP contribution in [0.25, 0.3) is 5.52 Å². The molecule has 0 saturated heterocycles. The van der Waals surface area contributed by atoms with E-state index >= 15 is 0 Å². The molecule has 1 aliphatic rings. The van der Waals surface area contributed by atoms with Crippen LogP contribution in [0.3, 0.4) is 0 Å². The van der Waals surface area contributed by atoms with E-state index in [0.717, 1.165) is 41.4 Å². The third kappa shape index (κ3) is 1.89. The van der Waals surface area contributed by atoms with E-state index in [9.17, 15) is 5.11 Å². The van der Waals surface area contributed by atoms with Crippen LogP contribution < -0.4 is 5.73 Å². The molecule has 0 spiro atoms. The smallest absolute Gasteiger partial charge is 0.152 e. The van der Waals surface area contributed by atoms with Gasteiger partial charge in [-0.2, -0.15) is 5.10 Å². The van der Waals surface area contributed by atoms with E-state index in [1.165, 1.54) is 6.33 Å². The predicted molar refractivity (Wildman–Crippen MR) is 72.3 cm³/mol. The van der Waals surface area contributed by atoms with Gasteiger partial charge in [0.25, 0.3) is 0 Å². The molecule has 0 amide bonds. The molecule has 0 aromatic carbocycles. The molecule has 0 atom stereocenters. The van der Waals surface area contributed by atoms with E-state index in [-0.39, 0.29) is 6.10 Å². The van der Waals surface area contributed by atoms with Crippen molar-refractivity contribution in [2.24, 2.45) is 0 Å². The molecule has 6 heteroatoms. The number of halogens is 1. The van der Waals surface area contributed by atoms with Crippen LogP contribution in [-0.2, 0) is 0 Å². The molecule has 0 unspecified atom stereocenters. The van der Waals surface area contributed by atoms with Gasteiger partial charge in [-0.05, 0) is 47.7 Å². The van der Waals surface area contributed by atoms with Crippen molar-refractivity contribution in [3.05, 3.63) is 22.6 Å². The number of nitrogens with two attached hydrogens (primary N) is 1. The van der Waals surface area contributed by atoms with Crippen molar-refractivity contribution in [1.29, 1.82) is 0 Å². The van der Waals surface area contributed by atoms with Gasteiger partial charge in [-0.15, -0.1) is 0 Å². The molecule has 1 saturated carbocycles. The topological polar surface area (TPSA) is 76.4 Å². The number of aromatic nitrogens is 3. The Morgan fingerprint density at radius 3 is 2.78 bits per heavy atom. The van der Waals surface area contributed by atoms with Crippen LogP contribution >= 0.6 is 15.9 Å². The first kappa shape index (κ1) is 11.9. The fourth-order valence-corrected chi connectivity index (χ4v) is 3.31. The van der Waals surface area contributed by atoms with Crippen LogP contribution in [0.5, 0.6) is 0 Å². The van der Waals surface area contributed by atoms with E-state index in [4.69, 9.17) is 5.73 Å². The monoisotopic (exact) mass is 310 g/mol. The number of hydrogen-bond donors (Lipinski definition) is 2. The van der Waals surface area contributed by atoms with E-state index in [0.29, 0.717) is 11.7 Å². The van der Waals surface area contributed by atoms with Crippen molar-refractivity contribution in [2.75, 3.05) is 5.73 Å². The zero-order chi connectivity index (χ0) is 12.7. The van der Waals surface area contributed by atoms with Gasteiger partial charge < -0.3 is 10.8 Å². The lowest BCUT2D eigenvalue weighted by molar-refractivity contribution is 0.121. The number of nitrogen functional groups attached to an aromatic ring is 1. The second-order valence-electron chi connectivity index (χ2n) is 4.83. The number of aliphatic hydroxyl groups excluding tert-OH is 1. The zero-order valence-corrected chi connectivity index (χ0v) is 11.5. The van der Waals surface area contributed by atoms with Crippen molar-refractivity contribution in [1.82, 2.24) is 14.6 Å². The second kappa shape index (κ2) is 4.51. The van der Waals surface area contributed by atoms with E-state index in [1.54, 1.807) is 0 Å². The standard InChI is InChI=1S/C12H15BrN4O/c13-9-5-10(7-1-3-8(18)4-2-7)17-11(9)12(14)15-6-16-17/h5-8,18H,1-4H2,(H2,14,15,16)/t7-,8-. The van der Waals surface area contributed by atoms with Gasteiger partial charge in [-0.1, -0.05) is 0 Å². The molecule has 96 valence electrons. The molecule has 0 bridgehead atoms. The molecule has 0 radical (unpaired) electrons. The van der Waals surface area contributed by atoms with Crippen LogP contribution in [0.2, 0.25) is 0 Å². The van der Waals surface area contributed by atoms with E-state index in [1.807, 2.05) is 4.52 Å². The van der Waals surface area contributed by atoms with Crippen LogP contribution in [0, 0.1) is 0 Å². The van der Waals surface area contributed by atoms with Crippen molar-refractivity contribution in [3.63, 3.8) is 0 Å². The summed E-state index contributed by atoms with van der Waals surface area (Å²) in [6, 6.07) is 2.07. The average Bonchev–Trinajstić information content (AvgIpc) is 2.69. The van der Waals surface area contributed by atoms with Crippen LogP contribution in [-0.4, -0.2) is 25.8 Å². The Morgan fingerprint density at radius 2 is 2.06 bits per heavy atom. The zero-order valence-electron chi connectivity index (χ0n) is 9.88. The van der Waals surface area contributed by atoms with Crippen LogP contribution in [0.1, 0.15) is 37.3 Å². The van der Waals surface area contributed by atoms with Gasteiger partial charge in [0.2, 0.25) is 0 Å². The minimum Gasteiger partial charge on any atom is -0.393 e. The predicted octanol–water partition coefficient (Wildman–Crippen LogP) is 2.09. The summed E-state index contributed by atoms with van der Waals surface area (Å²) in [4.78, 5) is 4.01. The Morgan fingerprint density at radius 1 is 1.33 bits per heavy atom. The van der Waals surface area contributed by atoms with Crippen molar-refractivity contribution < 1.29 is 5.11 Å². The van der Waals surface area contributed by atoms with Gasteiger partial charge in [-0.3, -0.25) is 0 Å². The second-order valence-corrected chi connectivity index (χ2v) is 5.68. The SMILES string of the molecule is Nc1ncnn2c1c(Br)cc2[C@H]1CC[C@H](O)CC1. The molecule has 2 heterocycles. The molecule has 0 aliphatic heterocycles. The summed E-state index contributed by atoms with van der Waals surface area (Å²) in [7, 11) is 0. The molecule has 3 N–H and O–H groups in total. The highest BCUT2D eigenvalue weighted by molar-refractivity contribution is 9.10. The summed E-state index contributed by atoms with van der Waals surface area (Å²) in [5.74, 6) is 0.917. The Labute approximate surface area is 113 Å². The Kier molecular flexibility index (Phi) is 2.99. The Bertz CT molecular complexity index is 575. The lowest BCUT2D eigenvalue weighted by Crippen LogP contribution is -2.18. The largest absolute Gasteiger partial charge is 0.393 e. The first-order chi connectivity index (χ1) is 8.66. The molecular weight excluding hydrogens is 296 g/mol. The molecule has 2 aromatic heterocycles. The highest BCUT2D eigenvalue weighted by Crippen LogP contribution is 2.36. The summed E-state index contributed by atoms with van der Waals surface area (Å²) in [5, 5.41) is 13.9. The summed E-state index contributed by atoms with van der Waals surface area (Å²) in [5.41, 5.74) is 7.86. The lowest BCUT2D eigenvalue weighted by Gasteiger charge is -2.24. The Balaban J connectivity index is 2.05. The third-order valence-corrected chi connectivity index (χ3v) is 4.28. The lowest BCUT2D eigenvalue weighted by atomic mass is 9.85. The van der Waals surface area contributed by atoms with Crippen LogP contribution in [0.15, 0.2) is 16.9 Å². The molecule has 3 rings (SSSR count). The molecular formula is C12H15BrN4O. The normalized spacial score (nSPS) is 24.6. The summed E-state index contributed by atoms with van der Waals surface area (Å²) < 4.78 is 2.80. The maximum absolute atomic E-state index is 9.57. The van der Waals surface area contributed by atoms with Crippen molar-refractivity contribution in [3.8, 4) is 0 Å². The fraction of sp³-hybridized carbons (Fsp3) is 0.500. The average molecular weight is 311 g/mol. The van der Waals surface area contributed by atoms with E-state index < -0.39 is 0 Å². The van der Waals surface area contributed by atoms with Gasteiger partial charge in [-0.25, -0.2) is 9.50 Å². The van der Waals surface area contributed by atoms with Crippen molar-refractivity contribution >= 4 is 27.3 Å². The van der Waals surface area contributed by atoms with Gasteiger partial charge in [0, 0.05) is 16.1 Å². The molecule has 5 nitrogen and oxygen atoms in total. The third-order valence-electron chi connectivity index (χ3n) is 3.68. The maximum atomic E-state index is 9.57. The quantitative estimate of drug-likeness (QED) is 0.845. The van der Waals surface area contributed by atoms with Gasteiger partial charge in [0.1, 0.15) is 11.8 Å². The van der Waals surface area contributed by atoms with Crippen LogP contribution in [0.4, 0.5) is 5.82 Å². The van der Waals surface area contributed by atoms with E-state index in [2.05, 4.69) is 32.1 Å². The number of rotatable bonds is 1. The number of aliphatic hydroxyl groups is 1. The number of fused-ring (bicyclic) bond motifs is 1. The first-order valence-corrected chi connectivity index (χ1v) is 6.92. The maximum Gasteiger partial charge on any atom is 0.152 e. The summed E-state index contributed by atoms with van der Waals surface area (Å²) in [6.45, 7) is 0. The minimum absolute atomic E-state index is 0.143. The summed E-state index contributed by atoms with van der Waals surface area (Å²) in [6.07, 6.45) is 5.03. The van der Waals surface area contributed by atoms with Gasteiger partial charge >= 0.3 is 0 Å². The fourth-order valence-electron chi connectivity index (χ4n) is 2.71. The Hall–Kier alpha value is -1.14. The molecule has 18 heavy (non-hydrogen) atoms. The van der Waals surface area contributed by atoms with Gasteiger partial charge in [0.15, 0.2) is 5.82 Å². The summed E-state index contributed by atoms with van der Waals surface area (Å²) >= 11 is 3.52.